The summed E-state index contributed by atoms with van der Waals surface area (Å²) in [4.78, 5) is 40.6. The highest BCUT2D eigenvalue weighted by molar-refractivity contribution is 6.24. The minimum Gasteiger partial charge on any atom is -0.468 e. The number of hydrogen-bond donors (Lipinski definition) is 2. The van der Waals surface area contributed by atoms with Crippen LogP contribution in [-0.2, 0) is 19.1 Å². The Morgan fingerprint density at radius 1 is 1.10 bits per heavy atom. The van der Waals surface area contributed by atoms with Crippen LogP contribution in [-0.4, -0.2) is 42.1 Å². The molecule has 2 aliphatic heterocycles. The van der Waals surface area contributed by atoms with Crippen molar-refractivity contribution in [3.63, 3.8) is 0 Å². The lowest BCUT2D eigenvalue weighted by molar-refractivity contribution is -0.154. The van der Waals surface area contributed by atoms with Gasteiger partial charge in [-0.3, -0.25) is 14.9 Å². The van der Waals surface area contributed by atoms with Gasteiger partial charge in [0, 0.05) is 6.04 Å². The summed E-state index contributed by atoms with van der Waals surface area (Å²) in [6.45, 7) is 1.29. The molecule has 4 rings (SSSR count). The molecule has 2 fully saturated rings. The Morgan fingerprint density at radius 3 is 2.34 bits per heavy atom. The maximum absolute atomic E-state index is 13.4. The molecule has 150 valence electrons. The Bertz CT molecular complexity index is 959. The van der Waals surface area contributed by atoms with Crippen LogP contribution in [0, 0.1) is 18.8 Å². The van der Waals surface area contributed by atoms with Gasteiger partial charge in [0.15, 0.2) is 5.54 Å². The van der Waals surface area contributed by atoms with E-state index in [9.17, 15) is 19.5 Å². The highest BCUT2D eigenvalue weighted by Crippen LogP contribution is 2.49. The van der Waals surface area contributed by atoms with Crippen LogP contribution in [0.15, 0.2) is 54.6 Å². The number of ether oxygens (including phenoxy) is 1. The zero-order valence-corrected chi connectivity index (χ0v) is 16.2. The van der Waals surface area contributed by atoms with Crippen LogP contribution in [0.4, 0.5) is 5.69 Å². The van der Waals surface area contributed by atoms with Crippen molar-refractivity contribution < 1.29 is 24.2 Å². The fourth-order valence-electron chi connectivity index (χ4n) is 4.47. The molecule has 4 atom stereocenters. The number of aliphatic hydroxyl groups excluding tert-OH is 1. The van der Waals surface area contributed by atoms with Gasteiger partial charge in [0.25, 0.3) is 0 Å². The Hall–Kier alpha value is -3.03. The third kappa shape index (κ3) is 2.77. The van der Waals surface area contributed by atoms with Gasteiger partial charge in [0.1, 0.15) is 0 Å². The molecule has 2 aliphatic rings. The smallest absolute Gasteiger partial charge is 0.329 e. The number of benzene rings is 2. The first-order valence-electron chi connectivity index (χ1n) is 9.41. The lowest BCUT2D eigenvalue weighted by Gasteiger charge is -2.30. The summed E-state index contributed by atoms with van der Waals surface area (Å²) in [7, 11) is 1.20. The number of hydrogen-bond acceptors (Lipinski definition) is 6. The Kier molecular flexibility index (Phi) is 4.72. The monoisotopic (exact) mass is 394 g/mol. The molecular formula is C22H22N2O5. The van der Waals surface area contributed by atoms with E-state index in [1.54, 1.807) is 30.3 Å². The molecular weight excluding hydrogens is 372 g/mol. The number of para-hydroxylation sites is 1. The van der Waals surface area contributed by atoms with Crippen molar-refractivity contribution in [1.82, 2.24) is 5.32 Å². The molecule has 0 radical (unpaired) electrons. The summed E-state index contributed by atoms with van der Waals surface area (Å²) in [6, 6.07) is 15.5. The minimum absolute atomic E-state index is 0.400. The van der Waals surface area contributed by atoms with Crippen LogP contribution in [0.5, 0.6) is 0 Å². The first kappa shape index (κ1) is 19.3. The van der Waals surface area contributed by atoms with Crippen molar-refractivity contribution in [3.8, 4) is 0 Å². The summed E-state index contributed by atoms with van der Waals surface area (Å²) < 4.78 is 4.92. The molecule has 0 aliphatic carbocycles. The number of methoxy groups -OCH3 is 1. The number of aryl methyl sites for hydroxylation is 1. The quantitative estimate of drug-likeness (QED) is 0.600. The predicted molar refractivity (Wildman–Crippen MR) is 105 cm³/mol. The van der Waals surface area contributed by atoms with Crippen molar-refractivity contribution in [2.45, 2.75) is 18.5 Å². The van der Waals surface area contributed by atoms with Crippen LogP contribution in [0.3, 0.4) is 0 Å². The number of aliphatic hydroxyl groups is 1. The number of anilines is 1. The topological polar surface area (TPSA) is 95.9 Å². The third-order valence-electron chi connectivity index (χ3n) is 5.90. The third-order valence-corrected chi connectivity index (χ3v) is 5.90. The van der Waals surface area contributed by atoms with Crippen molar-refractivity contribution >= 4 is 23.5 Å². The van der Waals surface area contributed by atoms with Gasteiger partial charge in [-0.05, 0) is 24.6 Å². The molecule has 7 nitrogen and oxygen atoms in total. The van der Waals surface area contributed by atoms with Crippen molar-refractivity contribution in [1.29, 1.82) is 0 Å². The number of nitrogens with zero attached hydrogens (tertiary/aromatic N) is 1. The molecule has 2 amide bonds. The van der Waals surface area contributed by atoms with E-state index in [1.807, 2.05) is 31.2 Å². The zero-order valence-electron chi connectivity index (χ0n) is 16.2. The molecule has 2 saturated heterocycles. The number of rotatable bonds is 4. The van der Waals surface area contributed by atoms with Crippen LogP contribution >= 0.6 is 0 Å². The molecule has 7 heteroatoms. The van der Waals surface area contributed by atoms with Gasteiger partial charge in [-0.15, -0.1) is 0 Å². The van der Waals surface area contributed by atoms with Gasteiger partial charge in [0.05, 0.1) is 31.2 Å². The van der Waals surface area contributed by atoms with Crippen LogP contribution < -0.4 is 10.2 Å². The highest BCUT2D eigenvalue weighted by atomic mass is 16.5. The number of esters is 1. The Labute approximate surface area is 168 Å². The lowest BCUT2D eigenvalue weighted by Crippen LogP contribution is -2.59. The number of imide groups is 1. The van der Waals surface area contributed by atoms with E-state index >= 15 is 0 Å². The maximum atomic E-state index is 13.4. The molecule has 0 spiro atoms. The van der Waals surface area contributed by atoms with Crippen LogP contribution in [0.1, 0.15) is 17.2 Å². The van der Waals surface area contributed by atoms with Gasteiger partial charge in [-0.1, -0.05) is 48.0 Å². The fraction of sp³-hybridized carbons (Fsp3) is 0.318. The SMILES string of the molecule is COC(=O)[C@@]1(CO)N[C@@H](c2ccc(C)cc2)[C@@H]2C(=O)N(c3ccccc3)C(=O)[C@H]21. The van der Waals surface area contributed by atoms with E-state index < -0.39 is 47.8 Å². The second kappa shape index (κ2) is 7.09. The van der Waals surface area contributed by atoms with Gasteiger partial charge in [-0.2, -0.15) is 0 Å². The summed E-state index contributed by atoms with van der Waals surface area (Å²) in [5.41, 5.74) is 0.562. The van der Waals surface area contributed by atoms with Gasteiger partial charge in [-0.25, -0.2) is 9.69 Å². The molecule has 0 unspecified atom stereocenters. The first-order chi connectivity index (χ1) is 13.9. The molecule has 0 aromatic heterocycles. The summed E-state index contributed by atoms with van der Waals surface area (Å²) in [6.07, 6.45) is 0. The molecule has 2 aromatic rings. The fourth-order valence-corrected chi connectivity index (χ4v) is 4.47. The highest BCUT2D eigenvalue weighted by Gasteiger charge is 2.69. The van der Waals surface area contributed by atoms with Gasteiger partial charge < -0.3 is 9.84 Å². The summed E-state index contributed by atoms with van der Waals surface area (Å²) in [5.74, 6) is -3.59. The second-order valence-corrected chi connectivity index (χ2v) is 7.50. The molecule has 29 heavy (non-hydrogen) atoms. The molecule has 0 saturated carbocycles. The number of carbonyl (C=O) groups excluding carboxylic acids is 3. The second-order valence-electron chi connectivity index (χ2n) is 7.50. The standard InChI is InChI=1S/C22H22N2O5/c1-13-8-10-14(11-9-13)18-16-17(22(12-25,23-18)21(28)29-2)20(27)24(19(16)26)15-6-4-3-5-7-15/h3-11,16-18,23,25H,12H2,1-2H3/t16-,17+,18+,22+/m1/s1. The summed E-state index contributed by atoms with van der Waals surface area (Å²) >= 11 is 0. The first-order valence-corrected chi connectivity index (χ1v) is 9.41. The molecule has 2 N–H and O–H groups in total. The Balaban J connectivity index is 1.85. The average Bonchev–Trinajstić information content (AvgIpc) is 3.23. The van der Waals surface area contributed by atoms with Crippen LogP contribution in [0.25, 0.3) is 0 Å². The maximum Gasteiger partial charge on any atom is 0.329 e. The van der Waals surface area contributed by atoms with Gasteiger partial charge in [0.2, 0.25) is 11.8 Å². The number of nitrogens with one attached hydrogen (secondary N) is 1. The number of amides is 2. The van der Waals surface area contributed by atoms with Crippen LogP contribution in [0.2, 0.25) is 0 Å². The van der Waals surface area contributed by atoms with E-state index in [0.29, 0.717) is 5.69 Å². The van der Waals surface area contributed by atoms with Crippen molar-refractivity contribution in [2.75, 3.05) is 18.6 Å². The molecule has 2 aromatic carbocycles. The number of fused-ring (bicyclic) bond motifs is 1. The van der Waals surface area contributed by atoms with E-state index in [4.69, 9.17) is 4.74 Å². The lowest BCUT2D eigenvalue weighted by atomic mass is 9.79. The summed E-state index contributed by atoms with van der Waals surface area (Å²) in [5, 5.41) is 13.3. The normalized spacial score (nSPS) is 28.5. The van der Waals surface area contributed by atoms with Gasteiger partial charge >= 0.3 is 5.97 Å². The average molecular weight is 394 g/mol. The van der Waals surface area contributed by atoms with E-state index in [1.165, 1.54) is 7.11 Å². The van der Waals surface area contributed by atoms with Crippen molar-refractivity contribution in [3.05, 3.63) is 65.7 Å². The molecule has 2 heterocycles. The largest absolute Gasteiger partial charge is 0.468 e. The minimum atomic E-state index is -1.69. The number of carbonyl (C=O) groups is 3. The van der Waals surface area contributed by atoms with E-state index in [-0.39, 0.29) is 0 Å². The van der Waals surface area contributed by atoms with E-state index in [2.05, 4.69) is 5.32 Å². The van der Waals surface area contributed by atoms with Crippen molar-refractivity contribution in [2.24, 2.45) is 11.8 Å². The predicted octanol–water partition coefficient (Wildman–Crippen LogP) is 1.35. The zero-order chi connectivity index (χ0) is 20.8. The molecule has 0 bridgehead atoms. The Morgan fingerprint density at radius 2 is 1.76 bits per heavy atom. The van der Waals surface area contributed by atoms with E-state index in [0.717, 1.165) is 16.0 Å².